The highest BCUT2D eigenvalue weighted by Gasteiger charge is 2.37. The molecule has 160 valence electrons. The van der Waals surface area contributed by atoms with Crippen LogP contribution in [0.15, 0.2) is 42.7 Å². The van der Waals surface area contributed by atoms with Crippen molar-refractivity contribution in [3.63, 3.8) is 0 Å². The standard InChI is InChI=1S/C22H33N3O4/c1-16(26)18(13-12-17-8-3-2-4-9-17)24-19(10-5-6-14-23)21(27)25-15-7-11-20(25)22(28)29/h2-4,8-9,18-20,24,26H,1,5-7,10-15,23H2,(H,28,29)/t18-,19-,20-/m0/s1. The second-order valence-corrected chi connectivity index (χ2v) is 7.60. The zero-order valence-electron chi connectivity index (χ0n) is 16.9. The van der Waals surface area contributed by atoms with Crippen LogP contribution in [0.4, 0.5) is 0 Å². The fourth-order valence-electron chi connectivity index (χ4n) is 3.80. The number of hydrogen-bond donors (Lipinski definition) is 4. The Kier molecular flexibility index (Phi) is 9.15. The third-order valence-corrected chi connectivity index (χ3v) is 5.44. The molecular weight excluding hydrogens is 370 g/mol. The van der Waals surface area contributed by atoms with Crippen LogP contribution in [0.2, 0.25) is 0 Å². The molecule has 7 heteroatoms. The summed E-state index contributed by atoms with van der Waals surface area (Å²) in [5.74, 6) is -1.21. The monoisotopic (exact) mass is 403 g/mol. The first-order valence-electron chi connectivity index (χ1n) is 10.3. The molecule has 2 rings (SSSR count). The van der Waals surface area contributed by atoms with Gasteiger partial charge in [0.15, 0.2) is 0 Å². The van der Waals surface area contributed by atoms with Crippen molar-refractivity contribution in [3.8, 4) is 0 Å². The van der Waals surface area contributed by atoms with Gasteiger partial charge in [-0.15, -0.1) is 0 Å². The Labute approximate surface area is 172 Å². The summed E-state index contributed by atoms with van der Waals surface area (Å²) in [6.45, 7) is 4.65. The lowest BCUT2D eigenvalue weighted by Crippen LogP contribution is -2.53. The average Bonchev–Trinajstić information content (AvgIpc) is 3.20. The number of nitrogens with one attached hydrogen (secondary N) is 1. The summed E-state index contributed by atoms with van der Waals surface area (Å²) < 4.78 is 0. The lowest BCUT2D eigenvalue weighted by Gasteiger charge is -2.30. The number of aliphatic hydroxyl groups is 1. The first kappa shape index (κ1) is 22.9. The van der Waals surface area contributed by atoms with E-state index >= 15 is 0 Å². The van der Waals surface area contributed by atoms with Gasteiger partial charge in [-0.3, -0.25) is 10.1 Å². The predicted octanol–water partition coefficient (Wildman–Crippen LogP) is 2.22. The number of aliphatic hydroxyl groups excluding tert-OH is 1. The van der Waals surface area contributed by atoms with Crippen LogP contribution >= 0.6 is 0 Å². The van der Waals surface area contributed by atoms with E-state index in [2.05, 4.69) is 11.9 Å². The maximum Gasteiger partial charge on any atom is 0.326 e. The fourth-order valence-corrected chi connectivity index (χ4v) is 3.80. The van der Waals surface area contributed by atoms with Gasteiger partial charge in [0.1, 0.15) is 11.8 Å². The molecule has 1 fully saturated rings. The van der Waals surface area contributed by atoms with Crippen molar-refractivity contribution >= 4 is 11.9 Å². The minimum Gasteiger partial charge on any atom is -0.511 e. The molecule has 3 atom stereocenters. The first-order valence-corrected chi connectivity index (χ1v) is 10.3. The van der Waals surface area contributed by atoms with Crippen LogP contribution in [-0.4, -0.2) is 58.2 Å². The van der Waals surface area contributed by atoms with Crippen molar-refractivity contribution in [2.24, 2.45) is 5.73 Å². The summed E-state index contributed by atoms with van der Waals surface area (Å²) >= 11 is 0. The highest BCUT2D eigenvalue weighted by molar-refractivity contribution is 5.87. The van der Waals surface area contributed by atoms with Crippen molar-refractivity contribution in [3.05, 3.63) is 48.2 Å². The van der Waals surface area contributed by atoms with E-state index in [1.165, 1.54) is 4.90 Å². The second-order valence-electron chi connectivity index (χ2n) is 7.60. The molecule has 0 bridgehead atoms. The van der Waals surface area contributed by atoms with Crippen LogP contribution < -0.4 is 11.1 Å². The van der Waals surface area contributed by atoms with E-state index in [0.717, 1.165) is 24.8 Å². The zero-order chi connectivity index (χ0) is 21.2. The topological polar surface area (TPSA) is 116 Å². The SMILES string of the molecule is C=C(O)[C@H](CCc1ccccc1)N[C@@H](CCCCN)C(=O)N1CCC[C@H]1C(=O)O. The molecule has 0 radical (unpaired) electrons. The van der Waals surface area contributed by atoms with Crippen LogP contribution in [0.5, 0.6) is 0 Å². The van der Waals surface area contributed by atoms with E-state index in [4.69, 9.17) is 5.73 Å². The minimum atomic E-state index is -0.969. The normalized spacial score (nSPS) is 18.4. The van der Waals surface area contributed by atoms with Gasteiger partial charge in [0, 0.05) is 6.54 Å². The molecule has 1 amide bonds. The van der Waals surface area contributed by atoms with Gasteiger partial charge < -0.3 is 20.8 Å². The van der Waals surface area contributed by atoms with E-state index in [1.807, 2.05) is 30.3 Å². The molecule has 0 unspecified atom stereocenters. The fraction of sp³-hybridized carbons (Fsp3) is 0.545. The van der Waals surface area contributed by atoms with Gasteiger partial charge in [-0.25, -0.2) is 4.79 Å². The minimum absolute atomic E-state index is 0.0197. The number of likely N-dealkylation sites (tertiary alicyclic amines) is 1. The van der Waals surface area contributed by atoms with Crippen LogP contribution in [0.1, 0.15) is 44.1 Å². The lowest BCUT2D eigenvalue weighted by molar-refractivity contribution is -0.149. The Morgan fingerprint density at radius 1 is 1.17 bits per heavy atom. The van der Waals surface area contributed by atoms with Crippen LogP contribution in [-0.2, 0) is 16.0 Å². The highest BCUT2D eigenvalue weighted by Crippen LogP contribution is 2.21. The summed E-state index contributed by atoms with van der Waals surface area (Å²) in [4.78, 5) is 26.1. The maximum absolute atomic E-state index is 13.1. The van der Waals surface area contributed by atoms with Gasteiger partial charge in [-0.1, -0.05) is 43.3 Å². The van der Waals surface area contributed by atoms with Gasteiger partial charge in [-0.2, -0.15) is 0 Å². The maximum atomic E-state index is 13.1. The summed E-state index contributed by atoms with van der Waals surface area (Å²) in [6.07, 6.45) is 4.53. The number of nitrogens with zero attached hydrogens (tertiary/aromatic N) is 1. The smallest absolute Gasteiger partial charge is 0.326 e. The van der Waals surface area contributed by atoms with Crippen molar-refractivity contribution in [2.45, 2.75) is 63.1 Å². The number of hydrogen-bond acceptors (Lipinski definition) is 5. The van der Waals surface area contributed by atoms with E-state index in [-0.39, 0.29) is 11.7 Å². The van der Waals surface area contributed by atoms with Gasteiger partial charge in [0.25, 0.3) is 0 Å². The van der Waals surface area contributed by atoms with Crippen molar-refractivity contribution in [1.82, 2.24) is 10.2 Å². The Morgan fingerprint density at radius 2 is 1.90 bits per heavy atom. The molecule has 0 spiro atoms. The number of nitrogens with two attached hydrogens (primary N) is 1. The second kappa shape index (κ2) is 11.6. The van der Waals surface area contributed by atoms with Crippen molar-refractivity contribution < 1.29 is 19.8 Å². The molecule has 0 saturated carbocycles. The molecule has 1 heterocycles. The molecule has 7 nitrogen and oxygen atoms in total. The number of amides is 1. The predicted molar refractivity (Wildman–Crippen MR) is 113 cm³/mol. The molecule has 1 aliphatic rings. The molecule has 5 N–H and O–H groups in total. The van der Waals surface area contributed by atoms with Gasteiger partial charge in [0.2, 0.25) is 5.91 Å². The third-order valence-electron chi connectivity index (χ3n) is 5.44. The molecule has 29 heavy (non-hydrogen) atoms. The Hall–Kier alpha value is -2.38. The number of aryl methyl sites for hydroxylation is 1. The van der Waals surface area contributed by atoms with E-state index in [9.17, 15) is 19.8 Å². The number of carbonyl (C=O) groups excluding carboxylic acids is 1. The lowest BCUT2D eigenvalue weighted by atomic mass is 10.0. The van der Waals surface area contributed by atoms with Crippen LogP contribution in [0.25, 0.3) is 0 Å². The molecular formula is C22H33N3O4. The molecule has 1 saturated heterocycles. The Bertz CT molecular complexity index is 680. The largest absolute Gasteiger partial charge is 0.511 e. The van der Waals surface area contributed by atoms with Crippen LogP contribution in [0.3, 0.4) is 0 Å². The molecule has 0 aliphatic carbocycles. The average molecular weight is 404 g/mol. The van der Waals surface area contributed by atoms with Crippen molar-refractivity contribution in [1.29, 1.82) is 0 Å². The van der Waals surface area contributed by atoms with Crippen molar-refractivity contribution in [2.75, 3.05) is 13.1 Å². The number of benzene rings is 1. The summed E-state index contributed by atoms with van der Waals surface area (Å²) in [6, 6.07) is 8.10. The molecule has 1 aliphatic heterocycles. The number of carboxylic acid groups (broad SMARTS) is 1. The quantitative estimate of drug-likeness (QED) is 0.314. The number of carboxylic acids is 1. The number of carbonyl (C=O) groups is 2. The van der Waals surface area contributed by atoms with Crippen LogP contribution in [0, 0.1) is 0 Å². The number of unbranched alkanes of at least 4 members (excludes halogenated alkanes) is 1. The van der Waals surface area contributed by atoms with Gasteiger partial charge in [0.05, 0.1) is 12.1 Å². The molecule has 0 aromatic heterocycles. The zero-order valence-corrected chi connectivity index (χ0v) is 16.9. The molecule has 1 aromatic carbocycles. The van der Waals surface area contributed by atoms with Gasteiger partial charge in [-0.05, 0) is 50.6 Å². The Balaban J connectivity index is 2.08. The molecule has 1 aromatic rings. The Morgan fingerprint density at radius 3 is 2.52 bits per heavy atom. The summed E-state index contributed by atoms with van der Waals surface area (Å²) in [7, 11) is 0. The number of aliphatic carboxylic acids is 1. The first-order chi connectivity index (χ1) is 13.9. The number of rotatable bonds is 12. The van der Waals surface area contributed by atoms with E-state index < -0.39 is 24.1 Å². The summed E-state index contributed by atoms with van der Waals surface area (Å²) in [5, 5.41) is 22.8. The summed E-state index contributed by atoms with van der Waals surface area (Å²) in [5.41, 5.74) is 6.72. The van der Waals surface area contributed by atoms with E-state index in [0.29, 0.717) is 38.8 Å². The third kappa shape index (κ3) is 6.87. The van der Waals surface area contributed by atoms with Gasteiger partial charge >= 0.3 is 5.97 Å². The highest BCUT2D eigenvalue weighted by atomic mass is 16.4. The van der Waals surface area contributed by atoms with E-state index in [1.54, 1.807) is 0 Å².